The average Bonchev–Trinajstić information content (AvgIpc) is 2.35. The van der Waals surface area contributed by atoms with Gasteiger partial charge in [-0.05, 0) is 25.2 Å². The van der Waals surface area contributed by atoms with E-state index in [0.29, 0.717) is 25.7 Å². The highest BCUT2D eigenvalue weighted by Crippen LogP contribution is 2.31. The summed E-state index contributed by atoms with van der Waals surface area (Å²) in [6.45, 7) is 6.90. The molecule has 100 valence electrons. The van der Waals surface area contributed by atoms with E-state index in [-0.39, 0.29) is 11.3 Å². The van der Waals surface area contributed by atoms with Gasteiger partial charge < -0.3 is 15.4 Å². The Kier molecular flexibility index (Phi) is 5.40. The lowest BCUT2D eigenvalue weighted by atomic mass is 9.79. The zero-order chi connectivity index (χ0) is 12.9. The van der Waals surface area contributed by atoms with Crippen molar-refractivity contribution < 1.29 is 9.53 Å². The Morgan fingerprint density at radius 2 is 2.00 bits per heavy atom. The van der Waals surface area contributed by atoms with Crippen molar-refractivity contribution in [3.05, 3.63) is 0 Å². The standard InChI is InChI=1S/C13H26N2O2/c1-11(2)4-7-15(3)12(16)13(10-14)5-8-17-9-6-13/h11H,4-10,14H2,1-3H3. The van der Waals surface area contributed by atoms with Crippen LogP contribution in [0.1, 0.15) is 33.1 Å². The van der Waals surface area contributed by atoms with Crippen LogP contribution in [0, 0.1) is 11.3 Å². The molecule has 0 aromatic heterocycles. The lowest BCUT2D eigenvalue weighted by molar-refractivity contribution is -0.145. The predicted octanol–water partition coefficient (Wildman–Crippen LogP) is 1.25. The fraction of sp³-hybridized carbons (Fsp3) is 0.923. The molecular weight excluding hydrogens is 216 g/mol. The molecule has 1 saturated heterocycles. The molecular formula is C13H26N2O2. The number of hydrogen-bond acceptors (Lipinski definition) is 3. The van der Waals surface area contributed by atoms with Gasteiger partial charge >= 0.3 is 0 Å². The first-order chi connectivity index (χ1) is 8.02. The van der Waals surface area contributed by atoms with Gasteiger partial charge in [0.05, 0.1) is 5.41 Å². The summed E-state index contributed by atoms with van der Waals surface area (Å²) in [7, 11) is 1.89. The number of carbonyl (C=O) groups excluding carboxylic acids is 1. The number of rotatable bonds is 5. The van der Waals surface area contributed by atoms with Gasteiger partial charge in [-0.3, -0.25) is 4.79 Å². The summed E-state index contributed by atoms with van der Waals surface area (Å²) in [5, 5.41) is 0. The van der Waals surface area contributed by atoms with Crippen molar-refractivity contribution in [1.82, 2.24) is 4.90 Å². The average molecular weight is 242 g/mol. The smallest absolute Gasteiger partial charge is 0.229 e. The van der Waals surface area contributed by atoms with Crippen molar-refractivity contribution >= 4 is 5.91 Å². The first-order valence-corrected chi connectivity index (χ1v) is 6.55. The van der Waals surface area contributed by atoms with E-state index in [4.69, 9.17) is 10.5 Å². The molecule has 0 radical (unpaired) electrons. The van der Waals surface area contributed by atoms with E-state index in [0.717, 1.165) is 25.8 Å². The summed E-state index contributed by atoms with van der Waals surface area (Å²) < 4.78 is 5.33. The second-order valence-electron chi connectivity index (χ2n) is 5.51. The van der Waals surface area contributed by atoms with Gasteiger partial charge in [-0.1, -0.05) is 13.8 Å². The summed E-state index contributed by atoms with van der Waals surface area (Å²) in [6.07, 6.45) is 2.56. The molecule has 0 spiro atoms. The molecule has 0 aromatic carbocycles. The SMILES string of the molecule is CC(C)CCN(C)C(=O)C1(CN)CCOCC1. The maximum Gasteiger partial charge on any atom is 0.229 e. The zero-order valence-corrected chi connectivity index (χ0v) is 11.4. The molecule has 0 atom stereocenters. The van der Waals surface area contributed by atoms with Gasteiger partial charge in [0.2, 0.25) is 5.91 Å². The fourth-order valence-electron chi connectivity index (χ4n) is 2.23. The van der Waals surface area contributed by atoms with Crippen LogP contribution in [0.2, 0.25) is 0 Å². The van der Waals surface area contributed by atoms with Crippen LogP contribution in [0.15, 0.2) is 0 Å². The minimum atomic E-state index is -0.371. The Hall–Kier alpha value is -0.610. The molecule has 0 unspecified atom stereocenters. The number of carbonyl (C=O) groups is 1. The van der Waals surface area contributed by atoms with Gasteiger partial charge in [0.1, 0.15) is 0 Å². The second-order valence-corrected chi connectivity index (χ2v) is 5.51. The van der Waals surface area contributed by atoms with Crippen molar-refractivity contribution in [3.63, 3.8) is 0 Å². The molecule has 1 heterocycles. The van der Waals surface area contributed by atoms with Crippen LogP contribution in [0.4, 0.5) is 0 Å². The Morgan fingerprint density at radius 3 is 2.47 bits per heavy atom. The lowest BCUT2D eigenvalue weighted by Crippen LogP contribution is -2.50. The molecule has 0 saturated carbocycles. The number of ether oxygens (including phenoxy) is 1. The first-order valence-electron chi connectivity index (χ1n) is 6.55. The lowest BCUT2D eigenvalue weighted by Gasteiger charge is -2.37. The summed E-state index contributed by atoms with van der Waals surface area (Å²) in [5.41, 5.74) is 5.46. The Balaban J connectivity index is 2.58. The highest BCUT2D eigenvalue weighted by atomic mass is 16.5. The summed E-state index contributed by atoms with van der Waals surface area (Å²) >= 11 is 0. The van der Waals surface area contributed by atoms with Gasteiger partial charge in [-0.25, -0.2) is 0 Å². The summed E-state index contributed by atoms with van der Waals surface area (Å²) in [6, 6.07) is 0. The van der Waals surface area contributed by atoms with Crippen LogP contribution in [0.5, 0.6) is 0 Å². The van der Waals surface area contributed by atoms with Crippen molar-refractivity contribution in [1.29, 1.82) is 0 Å². The van der Waals surface area contributed by atoms with E-state index in [1.807, 2.05) is 11.9 Å². The van der Waals surface area contributed by atoms with Gasteiger partial charge in [0.25, 0.3) is 0 Å². The highest BCUT2D eigenvalue weighted by Gasteiger charge is 2.40. The number of nitrogens with two attached hydrogens (primary N) is 1. The third-order valence-corrected chi connectivity index (χ3v) is 3.68. The number of hydrogen-bond donors (Lipinski definition) is 1. The molecule has 4 heteroatoms. The molecule has 4 nitrogen and oxygen atoms in total. The molecule has 0 bridgehead atoms. The van der Waals surface area contributed by atoms with Gasteiger partial charge in [0, 0.05) is 33.4 Å². The van der Waals surface area contributed by atoms with Gasteiger partial charge in [0.15, 0.2) is 0 Å². The molecule has 1 aliphatic rings. The summed E-state index contributed by atoms with van der Waals surface area (Å²) in [5.74, 6) is 0.817. The highest BCUT2D eigenvalue weighted by molar-refractivity contribution is 5.82. The molecule has 1 fully saturated rings. The van der Waals surface area contributed by atoms with Gasteiger partial charge in [-0.2, -0.15) is 0 Å². The molecule has 1 amide bonds. The van der Waals surface area contributed by atoms with Crippen LogP contribution in [0.3, 0.4) is 0 Å². The molecule has 0 aliphatic carbocycles. The molecule has 0 aromatic rings. The minimum absolute atomic E-state index is 0.198. The predicted molar refractivity (Wildman–Crippen MR) is 68.6 cm³/mol. The third-order valence-electron chi connectivity index (χ3n) is 3.68. The van der Waals surface area contributed by atoms with Crippen LogP contribution >= 0.6 is 0 Å². The molecule has 1 rings (SSSR count). The molecule has 17 heavy (non-hydrogen) atoms. The monoisotopic (exact) mass is 242 g/mol. The van der Waals surface area contributed by atoms with E-state index >= 15 is 0 Å². The van der Waals surface area contributed by atoms with E-state index in [1.165, 1.54) is 0 Å². The van der Waals surface area contributed by atoms with E-state index in [2.05, 4.69) is 13.8 Å². The Bertz CT molecular complexity index is 248. The van der Waals surface area contributed by atoms with E-state index in [9.17, 15) is 4.79 Å². The van der Waals surface area contributed by atoms with Crippen LogP contribution < -0.4 is 5.73 Å². The maximum atomic E-state index is 12.5. The molecule has 2 N–H and O–H groups in total. The van der Waals surface area contributed by atoms with Gasteiger partial charge in [-0.15, -0.1) is 0 Å². The summed E-state index contributed by atoms with van der Waals surface area (Å²) in [4.78, 5) is 14.3. The van der Waals surface area contributed by atoms with Crippen molar-refractivity contribution in [3.8, 4) is 0 Å². The number of amides is 1. The van der Waals surface area contributed by atoms with Crippen molar-refractivity contribution in [2.75, 3.05) is 33.4 Å². The number of nitrogens with zero attached hydrogens (tertiary/aromatic N) is 1. The van der Waals surface area contributed by atoms with E-state index < -0.39 is 0 Å². The van der Waals surface area contributed by atoms with Crippen LogP contribution in [-0.2, 0) is 9.53 Å². The first kappa shape index (κ1) is 14.5. The largest absolute Gasteiger partial charge is 0.381 e. The maximum absolute atomic E-state index is 12.5. The van der Waals surface area contributed by atoms with E-state index in [1.54, 1.807) is 0 Å². The van der Waals surface area contributed by atoms with Crippen molar-refractivity contribution in [2.45, 2.75) is 33.1 Å². The minimum Gasteiger partial charge on any atom is -0.381 e. The fourth-order valence-corrected chi connectivity index (χ4v) is 2.23. The normalized spacial score (nSPS) is 19.4. The zero-order valence-electron chi connectivity index (χ0n) is 11.4. The van der Waals surface area contributed by atoms with Crippen LogP contribution in [-0.4, -0.2) is 44.2 Å². The Morgan fingerprint density at radius 1 is 1.41 bits per heavy atom. The Labute approximate surface area is 104 Å². The topological polar surface area (TPSA) is 55.6 Å². The van der Waals surface area contributed by atoms with Crippen molar-refractivity contribution in [2.24, 2.45) is 17.1 Å². The van der Waals surface area contributed by atoms with Crippen LogP contribution in [0.25, 0.3) is 0 Å². The quantitative estimate of drug-likeness (QED) is 0.789. The second kappa shape index (κ2) is 6.36. The third kappa shape index (κ3) is 3.68. The molecule has 1 aliphatic heterocycles.